The van der Waals surface area contributed by atoms with Crippen LogP contribution in [0.3, 0.4) is 0 Å². The van der Waals surface area contributed by atoms with Crippen LogP contribution in [-0.4, -0.2) is 46.4 Å². The van der Waals surface area contributed by atoms with Gasteiger partial charge in [0.25, 0.3) is 0 Å². The molecule has 1 aliphatic heterocycles. The molecular formula is C26H38N8OS. The third-order valence-corrected chi connectivity index (χ3v) is 6.30. The van der Waals surface area contributed by atoms with Gasteiger partial charge in [-0.1, -0.05) is 6.92 Å². The largest absolute Gasteiger partial charge is 0.402 e. The van der Waals surface area contributed by atoms with E-state index >= 15 is 0 Å². The Balaban J connectivity index is 1.82. The Morgan fingerprint density at radius 3 is 2.44 bits per heavy atom. The fourth-order valence-electron chi connectivity index (χ4n) is 3.89. The summed E-state index contributed by atoms with van der Waals surface area (Å²) in [6.45, 7) is 12.0. The SMILES string of the molecule is CCC(=O)Nc1ccc(Sc2nc(/N=C(N)/C=C(/C)N)cc(N3CCC(NC(C)(C)C)CC3)n2)cc1. The lowest BCUT2D eigenvalue weighted by molar-refractivity contribution is -0.115. The van der Waals surface area contributed by atoms with Crippen molar-refractivity contribution in [2.75, 3.05) is 23.3 Å². The van der Waals surface area contributed by atoms with E-state index in [2.05, 4.69) is 46.3 Å². The Morgan fingerprint density at radius 1 is 1.19 bits per heavy atom. The molecule has 194 valence electrons. The van der Waals surface area contributed by atoms with E-state index in [1.165, 1.54) is 11.8 Å². The number of benzene rings is 1. The van der Waals surface area contributed by atoms with Crippen molar-refractivity contribution in [1.29, 1.82) is 0 Å². The van der Waals surface area contributed by atoms with Crippen molar-refractivity contribution >= 4 is 40.8 Å². The number of carbonyl (C=O) groups is 1. The quantitative estimate of drug-likeness (QED) is 0.236. The van der Waals surface area contributed by atoms with Crippen LogP contribution < -0.4 is 27.0 Å². The molecule has 10 heteroatoms. The van der Waals surface area contributed by atoms with Crippen LogP contribution in [0.25, 0.3) is 0 Å². The zero-order valence-corrected chi connectivity index (χ0v) is 22.7. The second kappa shape index (κ2) is 12.2. The molecule has 1 fully saturated rings. The number of aliphatic imine (C=N–C) groups is 1. The summed E-state index contributed by atoms with van der Waals surface area (Å²) in [4.78, 5) is 28.8. The molecule has 1 aromatic carbocycles. The number of nitrogens with zero attached hydrogens (tertiary/aromatic N) is 4. The minimum Gasteiger partial charge on any atom is -0.402 e. The lowest BCUT2D eigenvalue weighted by Gasteiger charge is -2.36. The van der Waals surface area contributed by atoms with Crippen LogP contribution in [-0.2, 0) is 4.79 Å². The Kier molecular flexibility index (Phi) is 9.33. The molecule has 0 bridgehead atoms. The maximum atomic E-state index is 11.6. The third kappa shape index (κ3) is 8.83. The molecule has 3 rings (SSSR count). The molecule has 0 atom stereocenters. The molecule has 0 saturated carbocycles. The molecule has 1 aliphatic rings. The van der Waals surface area contributed by atoms with E-state index in [-0.39, 0.29) is 11.4 Å². The van der Waals surface area contributed by atoms with Crippen LogP contribution in [0.2, 0.25) is 0 Å². The monoisotopic (exact) mass is 510 g/mol. The summed E-state index contributed by atoms with van der Waals surface area (Å²) >= 11 is 1.44. The van der Waals surface area contributed by atoms with E-state index in [0.717, 1.165) is 42.3 Å². The first kappa shape index (κ1) is 27.5. The number of anilines is 2. The molecular weight excluding hydrogens is 472 g/mol. The van der Waals surface area contributed by atoms with E-state index in [4.69, 9.17) is 16.5 Å². The minimum atomic E-state index is -0.0187. The van der Waals surface area contributed by atoms with Crippen molar-refractivity contribution in [3.8, 4) is 0 Å². The van der Waals surface area contributed by atoms with Crippen LogP contribution in [0.1, 0.15) is 53.9 Å². The van der Waals surface area contributed by atoms with Crippen molar-refractivity contribution in [3.63, 3.8) is 0 Å². The van der Waals surface area contributed by atoms with E-state index in [0.29, 0.717) is 35.0 Å². The molecule has 2 heterocycles. The number of nitrogens with two attached hydrogens (primary N) is 2. The van der Waals surface area contributed by atoms with Gasteiger partial charge in [0.15, 0.2) is 11.0 Å². The van der Waals surface area contributed by atoms with Crippen LogP contribution in [0, 0.1) is 0 Å². The zero-order valence-electron chi connectivity index (χ0n) is 21.8. The van der Waals surface area contributed by atoms with Crippen molar-refractivity contribution in [1.82, 2.24) is 15.3 Å². The topological polar surface area (TPSA) is 135 Å². The van der Waals surface area contributed by atoms with Crippen molar-refractivity contribution in [2.24, 2.45) is 16.5 Å². The maximum Gasteiger partial charge on any atom is 0.224 e. The van der Waals surface area contributed by atoms with Crippen molar-refractivity contribution in [3.05, 3.63) is 42.1 Å². The minimum absolute atomic E-state index is 0.0187. The number of amidine groups is 1. The number of nitrogens with one attached hydrogen (secondary N) is 2. The highest BCUT2D eigenvalue weighted by atomic mass is 32.2. The molecule has 6 N–H and O–H groups in total. The highest BCUT2D eigenvalue weighted by Crippen LogP contribution is 2.31. The predicted octanol–water partition coefficient (Wildman–Crippen LogP) is 4.18. The van der Waals surface area contributed by atoms with E-state index in [9.17, 15) is 4.79 Å². The summed E-state index contributed by atoms with van der Waals surface area (Å²) in [5.74, 6) is 1.59. The first-order valence-electron chi connectivity index (χ1n) is 12.3. The van der Waals surface area contributed by atoms with Crippen molar-refractivity contribution in [2.45, 2.75) is 75.5 Å². The molecule has 1 saturated heterocycles. The molecule has 1 aromatic heterocycles. The van der Waals surface area contributed by atoms with Crippen LogP contribution >= 0.6 is 11.8 Å². The fourth-order valence-corrected chi connectivity index (χ4v) is 4.65. The van der Waals surface area contributed by atoms with Gasteiger partial charge in [0.05, 0.1) is 0 Å². The second-order valence-electron chi connectivity index (χ2n) is 9.98. The zero-order chi connectivity index (χ0) is 26.3. The van der Waals surface area contributed by atoms with Gasteiger partial charge >= 0.3 is 0 Å². The summed E-state index contributed by atoms with van der Waals surface area (Å²) in [5, 5.41) is 7.14. The smallest absolute Gasteiger partial charge is 0.224 e. The summed E-state index contributed by atoms with van der Waals surface area (Å²) in [5.41, 5.74) is 13.2. The molecule has 1 amide bonds. The number of hydrogen-bond donors (Lipinski definition) is 4. The maximum absolute atomic E-state index is 11.6. The van der Waals surface area contributed by atoms with Gasteiger partial charge in [0.1, 0.15) is 11.7 Å². The molecule has 0 unspecified atom stereocenters. The lowest BCUT2D eigenvalue weighted by atomic mass is 10.00. The molecule has 0 spiro atoms. The third-order valence-electron chi connectivity index (χ3n) is 5.42. The summed E-state index contributed by atoms with van der Waals surface area (Å²) in [6.07, 6.45) is 4.11. The number of rotatable bonds is 8. The highest BCUT2D eigenvalue weighted by molar-refractivity contribution is 7.99. The fraction of sp³-hybridized carbons (Fsp3) is 0.462. The summed E-state index contributed by atoms with van der Waals surface area (Å²) in [7, 11) is 0. The standard InChI is InChI=1S/C26H38N8OS/c1-6-24(35)29-18-7-9-20(10-8-18)36-25-31-22(30-21(28)15-17(2)27)16-23(32-25)34-13-11-19(12-14-34)33-26(3,4)5/h7-10,15-16,19,33H,6,11-14,27H2,1-5H3,(H,29,35)(H2,28,30,31,32)/b17-15-. The van der Waals surface area contributed by atoms with Gasteiger partial charge in [0, 0.05) is 53.4 Å². The number of allylic oxidation sites excluding steroid dienone is 1. The highest BCUT2D eigenvalue weighted by Gasteiger charge is 2.24. The van der Waals surface area contributed by atoms with E-state index < -0.39 is 0 Å². The second-order valence-corrected chi connectivity index (χ2v) is 11.0. The normalized spacial score (nSPS) is 15.8. The lowest BCUT2D eigenvalue weighted by Crippen LogP contribution is -2.49. The molecule has 0 aliphatic carbocycles. The Labute approximate surface area is 218 Å². The van der Waals surface area contributed by atoms with Gasteiger partial charge in [-0.3, -0.25) is 4.79 Å². The van der Waals surface area contributed by atoms with Gasteiger partial charge < -0.3 is 27.0 Å². The predicted molar refractivity (Wildman–Crippen MR) is 149 cm³/mol. The number of carbonyl (C=O) groups excluding carboxylic acids is 1. The van der Waals surface area contributed by atoms with Gasteiger partial charge in [-0.15, -0.1) is 0 Å². The first-order chi connectivity index (χ1) is 17.0. The number of hydrogen-bond acceptors (Lipinski definition) is 8. The molecule has 9 nitrogen and oxygen atoms in total. The van der Waals surface area contributed by atoms with Crippen LogP contribution in [0.5, 0.6) is 0 Å². The average Bonchev–Trinajstić information content (AvgIpc) is 2.79. The van der Waals surface area contributed by atoms with Crippen LogP contribution in [0.4, 0.5) is 17.3 Å². The Bertz CT molecular complexity index is 1100. The van der Waals surface area contributed by atoms with Gasteiger partial charge in [-0.2, -0.15) is 0 Å². The molecule has 36 heavy (non-hydrogen) atoms. The number of amides is 1. The van der Waals surface area contributed by atoms with Crippen LogP contribution in [0.15, 0.2) is 57.1 Å². The number of aromatic nitrogens is 2. The summed E-state index contributed by atoms with van der Waals surface area (Å²) in [6, 6.07) is 9.98. The van der Waals surface area contributed by atoms with Gasteiger partial charge in [0.2, 0.25) is 5.91 Å². The van der Waals surface area contributed by atoms with E-state index in [1.54, 1.807) is 13.0 Å². The van der Waals surface area contributed by atoms with E-state index in [1.807, 2.05) is 37.3 Å². The molecule has 2 aromatic rings. The summed E-state index contributed by atoms with van der Waals surface area (Å²) < 4.78 is 0. The Hall–Kier alpha value is -3.11. The van der Waals surface area contributed by atoms with Crippen molar-refractivity contribution < 1.29 is 4.79 Å². The average molecular weight is 511 g/mol. The first-order valence-corrected chi connectivity index (χ1v) is 13.1. The Morgan fingerprint density at radius 2 is 1.86 bits per heavy atom. The molecule has 0 radical (unpaired) electrons. The van der Waals surface area contributed by atoms with Gasteiger partial charge in [-0.05, 0) is 82.6 Å². The number of piperidine rings is 1. The van der Waals surface area contributed by atoms with Gasteiger partial charge in [-0.25, -0.2) is 15.0 Å².